The fraction of sp³-hybridized carbons (Fsp3) is 0.529. The monoisotopic (exact) mass is 305 g/mol. The molecule has 0 radical (unpaired) electrons. The van der Waals surface area contributed by atoms with Gasteiger partial charge in [0.15, 0.2) is 0 Å². The average molecular weight is 305 g/mol. The number of carbonyl (C=O) groups excluding carboxylic acids is 1. The number of carbonyl (C=O) groups is 2. The molecule has 0 saturated heterocycles. The number of aliphatic carboxylic acids is 1. The highest BCUT2D eigenvalue weighted by Crippen LogP contribution is 2.43. The van der Waals surface area contributed by atoms with E-state index in [0.29, 0.717) is 5.92 Å². The lowest BCUT2D eigenvalue weighted by Crippen LogP contribution is -2.36. The van der Waals surface area contributed by atoms with Crippen LogP contribution >= 0.6 is 0 Å². The van der Waals surface area contributed by atoms with E-state index in [4.69, 9.17) is 9.84 Å². The standard InChI is InChI=1S/C17H23NO4/c1-17(2,3)22-16(21)18-14(10-15(19)20)13-7-5-4-6-12(13)11-8-9-11/h4-7,11,14H,8-10H2,1-3H3,(H,18,21)(H,19,20). The molecule has 0 bridgehead atoms. The van der Waals surface area contributed by atoms with Crippen LogP contribution in [-0.2, 0) is 9.53 Å². The Hall–Kier alpha value is -2.04. The Kier molecular flexibility index (Phi) is 4.74. The zero-order chi connectivity index (χ0) is 16.3. The van der Waals surface area contributed by atoms with E-state index < -0.39 is 23.7 Å². The number of amides is 1. The van der Waals surface area contributed by atoms with E-state index in [0.717, 1.165) is 24.0 Å². The topological polar surface area (TPSA) is 75.6 Å². The van der Waals surface area contributed by atoms with Gasteiger partial charge in [-0.25, -0.2) is 4.79 Å². The first kappa shape index (κ1) is 16.3. The van der Waals surface area contributed by atoms with E-state index in [1.54, 1.807) is 20.8 Å². The first-order valence-corrected chi connectivity index (χ1v) is 7.56. The summed E-state index contributed by atoms with van der Waals surface area (Å²) in [6, 6.07) is 7.14. The molecule has 22 heavy (non-hydrogen) atoms. The van der Waals surface area contributed by atoms with Gasteiger partial charge in [0.2, 0.25) is 0 Å². The zero-order valence-corrected chi connectivity index (χ0v) is 13.3. The number of alkyl carbamates (subject to hydrolysis) is 1. The van der Waals surface area contributed by atoms with Gasteiger partial charge >= 0.3 is 12.1 Å². The van der Waals surface area contributed by atoms with Gasteiger partial charge in [-0.15, -0.1) is 0 Å². The lowest BCUT2D eigenvalue weighted by atomic mass is 9.95. The highest BCUT2D eigenvalue weighted by atomic mass is 16.6. The van der Waals surface area contributed by atoms with Gasteiger partial charge in [0.25, 0.3) is 0 Å². The molecule has 1 aromatic rings. The lowest BCUT2D eigenvalue weighted by molar-refractivity contribution is -0.137. The molecular formula is C17H23NO4. The zero-order valence-electron chi connectivity index (χ0n) is 13.3. The Morgan fingerprint density at radius 1 is 1.32 bits per heavy atom. The van der Waals surface area contributed by atoms with Crippen molar-refractivity contribution in [1.29, 1.82) is 0 Å². The molecule has 0 spiro atoms. The van der Waals surface area contributed by atoms with Gasteiger partial charge in [-0.3, -0.25) is 4.79 Å². The maximum Gasteiger partial charge on any atom is 0.408 e. The molecule has 0 aromatic heterocycles. The molecule has 1 aliphatic rings. The molecule has 0 aliphatic heterocycles. The Balaban J connectivity index is 2.19. The van der Waals surface area contributed by atoms with Crippen LogP contribution in [0.4, 0.5) is 4.79 Å². The van der Waals surface area contributed by atoms with E-state index in [1.807, 2.05) is 24.3 Å². The van der Waals surface area contributed by atoms with Crippen molar-refractivity contribution in [3.05, 3.63) is 35.4 Å². The maximum atomic E-state index is 12.0. The fourth-order valence-electron chi connectivity index (χ4n) is 2.46. The quantitative estimate of drug-likeness (QED) is 0.871. The first-order chi connectivity index (χ1) is 10.3. The second-order valence-electron chi connectivity index (χ2n) is 6.70. The number of ether oxygens (including phenoxy) is 1. The van der Waals surface area contributed by atoms with Gasteiger partial charge in [-0.2, -0.15) is 0 Å². The summed E-state index contributed by atoms with van der Waals surface area (Å²) in [6.45, 7) is 5.32. The highest BCUT2D eigenvalue weighted by Gasteiger charge is 2.30. The highest BCUT2D eigenvalue weighted by molar-refractivity contribution is 5.72. The number of rotatable bonds is 5. The Labute approximate surface area is 130 Å². The van der Waals surface area contributed by atoms with Gasteiger partial charge in [0.1, 0.15) is 5.60 Å². The number of nitrogens with one attached hydrogen (secondary N) is 1. The molecular weight excluding hydrogens is 282 g/mol. The largest absolute Gasteiger partial charge is 0.481 e. The second-order valence-corrected chi connectivity index (χ2v) is 6.70. The average Bonchev–Trinajstić information content (AvgIpc) is 3.19. The van der Waals surface area contributed by atoms with Crippen LogP contribution in [0.3, 0.4) is 0 Å². The van der Waals surface area contributed by atoms with Crippen LogP contribution in [0.1, 0.15) is 63.1 Å². The predicted molar refractivity (Wildman–Crippen MR) is 82.8 cm³/mol. The summed E-state index contributed by atoms with van der Waals surface area (Å²) in [4.78, 5) is 23.1. The third-order valence-electron chi connectivity index (χ3n) is 3.46. The van der Waals surface area contributed by atoms with E-state index in [1.165, 1.54) is 0 Å². The minimum Gasteiger partial charge on any atom is -0.481 e. The third-order valence-corrected chi connectivity index (χ3v) is 3.46. The maximum absolute atomic E-state index is 12.0. The van der Waals surface area contributed by atoms with Gasteiger partial charge in [-0.1, -0.05) is 24.3 Å². The summed E-state index contributed by atoms with van der Waals surface area (Å²) < 4.78 is 5.24. The summed E-state index contributed by atoms with van der Waals surface area (Å²) >= 11 is 0. The van der Waals surface area contributed by atoms with E-state index >= 15 is 0 Å². The van der Waals surface area contributed by atoms with Crippen molar-refractivity contribution >= 4 is 12.1 Å². The second kappa shape index (κ2) is 6.38. The van der Waals surface area contributed by atoms with Crippen LogP contribution < -0.4 is 5.32 Å². The SMILES string of the molecule is CC(C)(C)OC(=O)NC(CC(=O)O)c1ccccc1C1CC1. The van der Waals surface area contributed by atoms with Crippen molar-refractivity contribution < 1.29 is 19.4 Å². The van der Waals surface area contributed by atoms with Crippen LogP contribution in [0.15, 0.2) is 24.3 Å². The number of benzene rings is 1. The molecule has 0 heterocycles. The molecule has 5 nitrogen and oxygen atoms in total. The fourth-order valence-corrected chi connectivity index (χ4v) is 2.46. The molecule has 1 aromatic carbocycles. The molecule has 1 saturated carbocycles. The molecule has 1 aliphatic carbocycles. The number of hydrogen-bond donors (Lipinski definition) is 2. The van der Waals surface area contributed by atoms with Gasteiger partial charge in [-0.05, 0) is 50.7 Å². The summed E-state index contributed by atoms with van der Waals surface area (Å²) in [5.74, 6) is -0.473. The molecule has 1 amide bonds. The summed E-state index contributed by atoms with van der Waals surface area (Å²) in [5.41, 5.74) is 1.39. The van der Waals surface area contributed by atoms with Crippen molar-refractivity contribution in [2.24, 2.45) is 0 Å². The van der Waals surface area contributed by atoms with Crippen molar-refractivity contribution in [3.8, 4) is 0 Å². The van der Waals surface area contributed by atoms with Crippen LogP contribution in [0.25, 0.3) is 0 Å². The number of carboxylic acids is 1. The van der Waals surface area contributed by atoms with Crippen LogP contribution in [0, 0.1) is 0 Å². The van der Waals surface area contributed by atoms with Crippen molar-refractivity contribution in [2.75, 3.05) is 0 Å². The first-order valence-electron chi connectivity index (χ1n) is 7.56. The molecule has 1 atom stereocenters. The van der Waals surface area contributed by atoms with Gasteiger partial charge in [0.05, 0.1) is 12.5 Å². The van der Waals surface area contributed by atoms with E-state index in [-0.39, 0.29) is 6.42 Å². The van der Waals surface area contributed by atoms with E-state index in [2.05, 4.69) is 5.32 Å². The number of carboxylic acid groups (broad SMARTS) is 1. The smallest absolute Gasteiger partial charge is 0.408 e. The molecule has 1 fully saturated rings. The van der Waals surface area contributed by atoms with Crippen molar-refractivity contribution in [2.45, 2.75) is 57.6 Å². The summed E-state index contributed by atoms with van der Waals surface area (Å²) in [5, 5.41) is 11.8. The van der Waals surface area contributed by atoms with Gasteiger partial charge < -0.3 is 15.2 Å². The Morgan fingerprint density at radius 2 is 1.95 bits per heavy atom. The summed E-state index contributed by atoms with van der Waals surface area (Å²) in [7, 11) is 0. The van der Waals surface area contributed by atoms with E-state index in [9.17, 15) is 9.59 Å². The lowest BCUT2D eigenvalue weighted by Gasteiger charge is -2.24. The molecule has 120 valence electrons. The Morgan fingerprint density at radius 3 is 2.50 bits per heavy atom. The van der Waals surface area contributed by atoms with Gasteiger partial charge in [0, 0.05) is 0 Å². The minimum atomic E-state index is -0.952. The third kappa shape index (κ3) is 4.76. The van der Waals surface area contributed by atoms with Crippen LogP contribution in [-0.4, -0.2) is 22.8 Å². The molecule has 2 N–H and O–H groups in total. The molecule has 5 heteroatoms. The van der Waals surface area contributed by atoms with Crippen LogP contribution in [0.2, 0.25) is 0 Å². The van der Waals surface area contributed by atoms with Crippen molar-refractivity contribution in [3.63, 3.8) is 0 Å². The number of hydrogen-bond acceptors (Lipinski definition) is 3. The predicted octanol–water partition coefficient (Wildman–Crippen LogP) is 3.60. The normalized spacial score (nSPS) is 16.0. The van der Waals surface area contributed by atoms with Crippen LogP contribution in [0.5, 0.6) is 0 Å². The molecule has 2 rings (SSSR count). The molecule has 1 unspecified atom stereocenters. The summed E-state index contributed by atoms with van der Waals surface area (Å²) in [6.07, 6.45) is 1.47. The van der Waals surface area contributed by atoms with Crippen molar-refractivity contribution in [1.82, 2.24) is 5.32 Å². The minimum absolute atomic E-state index is 0.164. The Bertz CT molecular complexity index is 558.